The number of hydrogen-bond donors (Lipinski definition) is 1. The molecule has 0 aliphatic heterocycles. The van der Waals surface area contributed by atoms with Crippen LogP contribution in [-0.2, 0) is 5.88 Å². The third kappa shape index (κ3) is 2.22. The minimum Gasteiger partial charge on any atom is -0.306 e. The van der Waals surface area contributed by atoms with Crippen LogP contribution < -0.4 is 5.56 Å². The molecule has 0 fully saturated rings. The maximum absolute atomic E-state index is 11.4. The van der Waals surface area contributed by atoms with Crippen LogP contribution in [0.2, 0.25) is 4.34 Å². The zero-order valence-electron chi connectivity index (χ0n) is 7.46. The molecule has 3 nitrogen and oxygen atoms in total. The number of H-pyrrole nitrogens is 1. The van der Waals surface area contributed by atoms with Crippen molar-refractivity contribution in [3.8, 4) is 10.7 Å². The Balaban J connectivity index is 2.47. The summed E-state index contributed by atoms with van der Waals surface area (Å²) < 4.78 is 0.661. The van der Waals surface area contributed by atoms with E-state index < -0.39 is 0 Å². The number of hydrogen-bond acceptors (Lipinski definition) is 3. The van der Waals surface area contributed by atoms with Crippen LogP contribution in [0.25, 0.3) is 10.7 Å². The second-order valence-electron chi connectivity index (χ2n) is 2.82. The van der Waals surface area contributed by atoms with Crippen LogP contribution in [0.4, 0.5) is 0 Å². The Morgan fingerprint density at radius 2 is 2.27 bits per heavy atom. The Kier molecular flexibility index (Phi) is 3.09. The smallest absolute Gasteiger partial charge is 0.255 e. The molecule has 0 atom stereocenters. The van der Waals surface area contributed by atoms with Crippen molar-refractivity contribution in [2.24, 2.45) is 0 Å². The van der Waals surface area contributed by atoms with Gasteiger partial charge in [0.1, 0.15) is 5.82 Å². The lowest BCUT2D eigenvalue weighted by atomic mass is 10.3. The average Bonchev–Trinajstić information content (AvgIpc) is 2.65. The van der Waals surface area contributed by atoms with Gasteiger partial charge in [-0.05, 0) is 12.1 Å². The molecule has 2 rings (SSSR count). The van der Waals surface area contributed by atoms with Crippen LogP contribution >= 0.6 is 34.5 Å². The first-order chi connectivity index (χ1) is 7.20. The molecule has 0 unspecified atom stereocenters. The Morgan fingerprint density at radius 3 is 2.80 bits per heavy atom. The number of alkyl halides is 1. The van der Waals surface area contributed by atoms with Crippen LogP contribution in [-0.4, -0.2) is 9.97 Å². The van der Waals surface area contributed by atoms with E-state index in [-0.39, 0.29) is 11.4 Å². The van der Waals surface area contributed by atoms with Crippen molar-refractivity contribution < 1.29 is 0 Å². The standard InChI is InChI=1S/C9H6Cl2N2OS/c10-3-5-4-12-8(13-9(5)14)6-1-2-7(11)15-6/h1-2,4H,3H2,(H,12,13,14). The van der Waals surface area contributed by atoms with Crippen molar-refractivity contribution in [2.45, 2.75) is 5.88 Å². The summed E-state index contributed by atoms with van der Waals surface area (Å²) in [6.45, 7) is 0. The van der Waals surface area contributed by atoms with E-state index in [1.165, 1.54) is 17.5 Å². The fourth-order valence-electron chi connectivity index (χ4n) is 1.08. The van der Waals surface area contributed by atoms with E-state index in [1.807, 2.05) is 6.07 Å². The molecular formula is C9H6Cl2N2OS. The van der Waals surface area contributed by atoms with Gasteiger partial charge in [0, 0.05) is 6.20 Å². The van der Waals surface area contributed by atoms with Crippen molar-refractivity contribution in [2.75, 3.05) is 0 Å². The number of aromatic nitrogens is 2. The highest BCUT2D eigenvalue weighted by molar-refractivity contribution is 7.19. The van der Waals surface area contributed by atoms with Gasteiger partial charge in [-0.15, -0.1) is 22.9 Å². The maximum Gasteiger partial charge on any atom is 0.255 e. The van der Waals surface area contributed by atoms with Gasteiger partial charge in [0.15, 0.2) is 0 Å². The zero-order chi connectivity index (χ0) is 10.8. The SMILES string of the molecule is O=c1[nH]c(-c2ccc(Cl)s2)ncc1CCl. The summed E-state index contributed by atoms with van der Waals surface area (Å²) in [6, 6.07) is 3.57. The molecule has 2 aromatic heterocycles. The summed E-state index contributed by atoms with van der Waals surface area (Å²) >= 11 is 12.7. The minimum absolute atomic E-state index is 0.161. The van der Waals surface area contributed by atoms with Crippen molar-refractivity contribution in [1.82, 2.24) is 9.97 Å². The first-order valence-corrected chi connectivity index (χ1v) is 5.83. The van der Waals surface area contributed by atoms with E-state index in [0.29, 0.717) is 15.7 Å². The topological polar surface area (TPSA) is 45.8 Å². The molecule has 0 radical (unpaired) electrons. The van der Waals surface area contributed by atoms with Crippen LogP contribution in [0.5, 0.6) is 0 Å². The van der Waals surface area contributed by atoms with Crippen LogP contribution in [0.1, 0.15) is 5.56 Å². The lowest BCUT2D eigenvalue weighted by Crippen LogP contribution is -2.12. The third-order valence-electron chi connectivity index (χ3n) is 1.82. The highest BCUT2D eigenvalue weighted by atomic mass is 35.5. The average molecular weight is 261 g/mol. The van der Waals surface area contributed by atoms with E-state index in [1.54, 1.807) is 6.07 Å². The lowest BCUT2D eigenvalue weighted by molar-refractivity contribution is 1.08. The molecule has 0 aromatic carbocycles. The molecule has 15 heavy (non-hydrogen) atoms. The predicted molar refractivity (Wildman–Crippen MR) is 62.7 cm³/mol. The number of rotatable bonds is 2. The Morgan fingerprint density at radius 1 is 1.47 bits per heavy atom. The summed E-state index contributed by atoms with van der Waals surface area (Å²) in [6.07, 6.45) is 1.48. The van der Waals surface area contributed by atoms with Crippen molar-refractivity contribution in [1.29, 1.82) is 0 Å². The van der Waals surface area contributed by atoms with Crippen LogP contribution in [0.3, 0.4) is 0 Å². The number of nitrogens with one attached hydrogen (secondary N) is 1. The van der Waals surface area contributed by atoms with Crippen molar-refractivity contribution in [3.05, 3.63) is 38.6 Å². The molecule has 0 amide bonds. The van der Waals surface area contributed by atoms with Crippen LogP contribution in [0.15, 0.2) is 23.1 Å². The Bertz CT molecular complexity index is 535. The van der Waals surface area contributed by atoms with Gasteiger partial charge in [0.2, 0.25) is 0 Å². The van der Waals surface area contributed by atoms with E-state index >= 15 is 0 Å². The van der Waals surface area contributed by atoms with E-state index in [0.717, 1.165) is 4.88 Å². The predicted octanol–water partition coefficient (Wildman–Crippen LogP) is 2.89. The highest BCUT2D eigenvalue weighted by Gasteiger charge is 2.06. The monoisotopic (exact) mass is 260 g/mol. The van der Waals surface area contributed by atoms with Gasteiger partial charge in [-0.3, -0.25) is 4.79 Å². The number of nitrogens with zero attached hydrogens (tertiary/aromatic N) is 1. The number of halogens is 2. The van der Waals surface area contributed by atoms with Gasteiger partial charge in [0.25, 0.3) is 5.56 Å². The lowest BCUT2D eigenvalue weighted by Gasteiger charge is -1.97. The fraction of sp³-hybridized carbons (Fsp3) is 0.111. The third-order valence-corrected chi connectivity index (χ3v) is 3.35. The number of aromatic amines is 1. The van der Waals surface area contributed by atoms with Gasteiger partial charge in [-0.2, -0.15) is 0 Å². The quantitative estimate of drug-likeness (QED) is 0.845. The van der Waals surface area contributed by atoms with E-state index in [9.17, 15) is 4.79 Å². The van der Waals surface area contributed by atoms with Gasteiger partial charge < -0.3 is 4.98 Å². The molecule has 2 heterocycles. The molecule has 2 aromatic rings. The molecule has 78 valence electrons. The molecule has 0 aliphatic rings. The summed E-state index contributed by atoms with van der Waals surface area (Å²) in [4.78, 5) is 19.0. The maximum atomic E-state index is 11.4. The summed E-state index contributed by atoms with van der Waals surface area (Å²) in [5, 5.41) is 0. The first kappa shape index (κ1) is 10.7. The minimum atomic E-state index is -0.209. The summed E-state index contributed by atoms with van der Waals surface area (Å²) in [5.74, 6) is 0.680. The molecule has 0 bridgehead atoms. The molecule has 0 spiro atoms. The van der Waals surface area contributed by atoms with Gasteiger partial charge in [-0.25, -0.2) is 4.98 Å². The summed E-state index contributed by atoms with van der Waals surface area (Å²) in [7, 11) is 0. The van der Waals surface area contributed by atoms with Crippen molar-refractivity contribution >= 4 is 34.5 Å². The molecule has 1 N–H and O–H groups in total. The largest absolute Gasteiger partial charge is 0.306 e. The molecule has 6 heteroatoms. The van der Waals surface area contributed by atoms with Gasteiger partial charge in [0.05, 0.1) is 20.7 Å². The fourth-order valence-corrected chi connectivity index (χ4v) is 2.27. The second-order valence-corrected chi connectivity index (χ2v) is 4.81. The van der Waals surface area contributed by atoms with Crippen molar-refractivity contribution in [3.63, 3.8) is 0 Å². The Labute approximate surface area is 99.7 Å². The molecular weight excluding hydrogens is 255 g/mol. The summed E-state index contributed by atoms with van der Waals surface area (Å²) in [5.41, 5.74) is 0.252. The molecule has 0 saturated carbocycles. The first-order valence-electron chi connectivity index (χ1n) is 4.10. The van der Waals surface area contributed by atoms with E-state index in [4.69, 9.17) is 23.2 Å². The van der Waals surface area contributed by atoms with Gasteiger partial charge >= 0.3 is 0 Å². The Hall–Kier alpha value is -0.840. The molecule has 0 saturated heterocycles. The number of thiophene rings is 1. The zero-order valence-corrected chi connectivity index (χ0v) is 9.79. The van der Waals surface area contributed by atoms with Gasteiger partial charge in [-0.1, -0.05) is 11.6 Å². The second kappa shape index (κ2) is 4.35. The highest BCUT2D eigenvalue weighted by Crippen LogP contribution is 2.27. The normalized spacial score (nSPS) is 10.5. The van der Waals surface area contributed by atoms with Crippen LogP contribution in [0, 0.1) is 0 Å². The van der Waals surface area contributed by atoms with E-state index in [2.05, 4.69) is 9.97 Å². The molecule has 0 aliphatic carbocycles.